The summed E-state index contributed by atoms with van der Waals surface area (Å²) in [6.07, 6.45) is 6.07. The third-order valence-corrected chi connectivity index (χ3v) is 4.92. The number of carbonyl (C=O) groups excluding carboxylic acids is 1. The normalized spacial score (nSPS) is 24.0. The molecule has 2 saturated heterocycles. The van der Waals surface area contributed by atoms with Crippen LogP contribution in [0, 0.1) is 0 Å². The molecule has 24 heavy (non-hydrogen) atoms. The molecular formula is C19H28N2O3. The van der Waals surface area contributed by atoms with Crippen molar-refractivity contribution in [2.24, 2.45) is 0 Å². The van der Waals surface area contributed by atoms with Gasteiger partial charge in [-0.2, -0.15) is 0 Å². The lowest BCUT2D eigenvalue weighted by Crippen LogP contribution is -2.47. The zero-order chi connectivity index (χ0) is 16.8. The average Bonchev–Trinajstić information content (AvgIpc) is 3.14. The molecule has 1 aromatic carbocycles. The molecule has 0 unspecified atom stereocenters. The van der Waals surface area contributed by atoms with Crippen molar-refractivity contribution in [1.29, 1.82) is 0 Å². The average molecular weight is 332 g/mol. The van der Waals surface area contributed by atoms with Gasteiger partial charge in [-0.05, 0) is 44.2 Å². The molecule has 5 nitrogen and oxygen atoms in total. The molecule has 0 radical (unpaired) electrons. The minimum Gasteiger partial charge on any atom is -0.497 e. The van der Waals surface area contributed by atoms with Gasteiger partial charge in [0.2, 0.25) is 5.91 Å². The summed E-state index contributed by atoms with van der Waals surface area (Å²) in [5.74, 6) is 1.03. The SMILES string of the molecule is COc1cccc(N2CCC[C@H](NC(=O)CC[C@H]3CCCO3)C2)c1. The van der Waals surface area contributed by atoms with Gasteiger partial charge in [0.05, 0.1) is 13.2 Å². The van der Waals surface area contributed by atoms with E-state index in [-0.39, 0.29) is 18.1 Å². The maximum absolute atomic E-state index is 12.2. The van der Waals surface area contributed by atoms with Crippen LogP contribution in [0.5, 0.6) is 5.75 Å². The number of carbonyl (C=O) groups is 1. The summed E-state index contributed by atoms with van der Waals surface area (Å²) in [6.45, 7) is 2.73. The number of hydrogen-bond acceptors (Lipinski definition) is 4. The Morgan fingerprint density at radius 2 is 2.29 bits per heavy atom. The predicted molar refractivity (Wildman–Crippen MR) is 94.6 cm³/mol. The molecule has 2 aliphatic rings. The molecule has 2 atom stereocenters. The maximum Gasteiger partial charge on any atom is 0.220 e. The Hall–Kier alpha value is -1.75. The monoisotopic (exact) mass is 332 g/mol. The highest BCUT2D eigenvalue weighted by Crippen LogP contribution is 2.24. The predicted octanol–water partition coefficient (Wildman–Crippen LogP) is 2.74. The van der Waals surface area contributed by atoms with Crippen LogP contribution in [0.3, 0.4) is 0 Å². The summed E-state index contributed by atoms with van der Waals surface area (Å²) < 4.78 is 10.9. The standard InChI is InChI=1S/C19H28N2O3/c1-23-18-7-2-6-16(13-18)21-11-3-5-15(14-21)20-19(22)10-9-17-8-4-12-24-17/h2,6-7,13,15,17H,3-5,8-12,14H2,1H3,(H,20,22)/t15-,17+/m0/s1. The number of amides is 1. The van der Waals surface area contributed by atoms with Crippen molar-refractivity contribution in [3.05, 3.63) is 24.3 Å². The van der Waals surface area contributed by atoms with Gasteiger partial charge >= 0.3 is 0 Å². The number of benzene rings is 1. The Kier molecular flexibility index (Phi) is 5.96. The van der Waals surface area contributed by atoms with Gasteiger partial charge in [-0.25, -0.2) is 0 Å². The van der Waals surface area contributed by atoms with Crippen molar-refractivity contribution >= 4 is 11.6 Å². The van der Waals surface area contributed by atoms with E-state index in [1.807, 2.05) is 12.1 Å². The fraction of sp³-hybridized carbons (Fsp3) is 0.632. The van der Waals surface area contributed by atoms with Crippen LogP contribution >= 0.6 is 0 Å². The molecule has 3 rings (SSSR count). The Morgan fingerprint density at radius 1 is 1.38 bits per heavy atom. The first-order valence-corrected chi connectivity index (χ1v) is 9.04. The number of rotatable bonds is 6. The lowest BCUT2D eigenvalue weighted by molar-refractivity contribution is -0.122. The van der Waals surface area contributed by atoms with Gasteiger partial charge in [-0.3, -0.25) is 4.79 Å². The van der Waals surface area contributed by atoms with Gasteiger partial charge in [0, 0.05) is 43.9 Å². The van der Waals surface area contributed by atoms with Crippen LogP contribution in [0.25, 0.3) is 0 Å². The lowest BCUT2D eigenvalue weighted by Gasteiger charge is -2.35. The van der Waals surface area contributed by atoms with Crippen LogP contribution in [0.4, 0.5) is 5.69 Å². The van der Waals surface area contributed by atoms with Crippen LogP contribution in [0.2, 0.25) is 0 Å². The molecule has 0 spiro atoms. The smallest absolute Gasteiger partial charge is 0.220 e. The molecule has 2 aliphatic heterocycles. The number of hydrogen-bond donors (Lipinski definition) is 1. The molecule has 1 amide bonds. The number of anilines is 1. The third-order valence-electron chi connectivity index (χ3n) is 4.92. The molecule has 2 heterocycles. The highest BCUT2D eigenvalue weighted by Gasteiger charge is 2.23. The van der Waals surface area contributed by atoms with E-state index in [9.17, 15) is 4.79 Å². The molecule has 2 fully saturated rings. The first-order chi connectivity index (χ1) is 11.7. The second-order valence-electron chi connectivity index (χ2n) is 6.73. The van der Waals surface area contributed by atoms with Crippen molar-refractivity contribution < 1.29 is 14.3 Å². The number of ether oxygens (including phenoxy) is 2. The second-order valence-corrected chi connectivity index (χ2v) is 6.73. The van der Waals surface area contributed by atoms with Crippen LogP contribution in [0.15, 0.2) is 24.3 Å². The van der Waals surface area contributed by atoms with Crippen molar-refractivity contribution in [1.82, 2.24) is 5.32 Å². The molecule has 5 heteroatoms. The van der Waals surface area contributed by atoms with Crippen LogP contribution in [-0.4, -0.2) is 44.9 Å². The van der Waals surface area contributed by atoms with E-state index in [1.165, 1.54) is 0 Å². The quantitative estimate of drug-likeness (QED) is 0.870. The Balaban J connectivity index is 1.48. The number of nitrogens with zero attached hydrogens (tertiary/aromatic N) is 1. The second kappa shape index (κ2) is 8.38. The van der Waals surface area contributed by atoms with Gasteiger partial charge in [-0.1, -0.05) is 6.07 Å². The summed E-state index contributed by atoms with van der Waals surface area (Å²) in [7, 11) is 1.69. The minimum absolute atomic E-state index is 0.156. The van der Waals surface area contributed by atoms with Gasteiger partial charge in [-0.15, -0.1) is 0 Å². The third kappa shape index (κ3) is 4.63. The molecule has 1 aromatic rings. The van der Waals surface area contributed by atoms with Crippen molar-refractivity contribution in [2.45, 2.75) is 50.7 Å². The summed E-state index contributed by atoms with van der Waals surface area (Å²) in [5.41, 5.74) is 1.16. The Morgan fingerprint density at radius 3 is 3.08 bits per heavy atom. The van der Waals surface area contributed by atoms with E-state index in [1.54, 1.807) is 7.11 Å². The molecular weight excluding hydrogens is 304 g/mol. The van der Waals surface area contributed by atoms with Crippen LogP contribution in [-0.2, 0) is 9.53 Å². The Labute approximate surface area is 144 Å². The van der Waals surface area contributed by atoms with E-state index in [0.717, 1.165) is 63.2 Å². The van der Waals surface area contributed by atoms with Gasteiger partial charge in [0.25, 0.3) is 0 Å². The van der Waals surface area contributed by atoms with Gasteiger partial charge < -0.3 is 19.7 Å². The maximum atomic E-state index is 12.2. The molecule has 1 N–H and O–H groups in total. The minimum atomic E-state index is 0.156. The van der Waals surface area contributed by atoms with E-state index in [2.05, 4.69) is 22.3 Å². The van der Waals surface area contributed by atoms with Crippen molar-refractivity contribution in [3.8, 4) is 5.75 Å². The van der Waals surface area contributed by atoms with Crippen molar-refractivity contribution in [2.75, 3.05) is 31.7 Å². The van der Waals surface area contributed by atoms with Crippen LogP contribution in [0.1, 0.15) is 38.5 Å². The molecule has 0 bridgehead atoms. The van der Waals surface area contributed by atoms with E-state index in [4.69, 9.17) is 9.47 Å². The highest BCUT2D eigenvalue weighted by molar-refractivity contribution is 5.76. The summed E-state index contributed by atoms with van der Waals surface area (Å²) in [5, 5.41) is 3.20. The zero-order valence-corrected chi connectivity index (χ0v) is 14.5. The molecule has 0 aliphatic carbocycles. The largest absolute Gasteiger partial charge is 0.497 e. The van der Waals surface area contributed by atoms with Crippen molar-refractivity contribution in [3.63, 3.8) is 0 Å². The first kappa shape index (κ1) is 17.1. The first-order valence-electron chi connectivity index (χ1n) is 9.04. The highest BCUT2D eigenvalue weighted by atomic mass is 16.5. The van der Waals surface area contributed by atoms with Crippen LogP contribution < -0.4 is 15.0 Å². The van der Waals surface area contributed by atoms with E-state index < -0.39 is 0 Å². The number of piperidine rings is 1. The molecule has 0 saturated carbocycles. The van der Waals surface area contributed by atoms with Gasteiger partial charge in [0.15, 0.2) is 0 Å². The Bertz CT molecular complexity index is 543. The van der Waals surface area contributed by atoms with E-state index in [0.29, 0.717) is 6.42 Å². The van der Waals surface area contributed by atoms with E-state index >= 15 is 0 Å². The lowest BCUT2D eigenvalue weighted by atomic mass is 10.0. The van der Waals surface area contributed by atoms with Gasteiger partial charge in [0.1, 0.15) is 5.75 Å². The number of methoxy groups -OCH3 is 1. The fourth-order valence-corrected chi connectivity index (χ4v) is 3.60. The summed E-state index contributed by atoms with van der Waals surface area (Å²) in [4.78, 5) is 14.5. The summed E-state index contributed by atoms with van der Waals surface area (Å²) >= 11 is 0. The molecule has 132 valence electrons. The zero-order valence-electron chi connectivity index (χ0n) is 14.5. The molecule has 0 aromatic heterocycles. The summed E-state index contributed by atoms with van der Waals surface area (Å²) in [6, 6.07) is 8.35. The number of nitrogens with one attached hydrogen (secondary N) is 1. The topological polar surface area (TPSA) is 50.8 Å². The fourth-order valence-electron chi connectivity index (χ4n) is 3.60.